The molecule has 0 aromatic heterocycles. The van der Waals surface area contributed by atoms with Crippen molar-refractivity contribution in [3.8, 4) is 17.6 Å². The minimum atomic E-state index is -1.27. The Hall–Kier alpha value is -3.04. The molecule has 0 radical (unpaired) electrons. The summed E-state index contributed by atoms with van der Waals surface area (Å²) in [5, 5.41) is 19.7. The van der Waals surface area contributed by atoms with Gasteiger partial charge in [0.15, 0.2) is 11.6 Å². The number of nitrogens with one attached hydrogen (secondary N) is 1. The molecule has 1 amide bonds. The van der Waals surface area contributed by atoms with Gasteiger partial charge in [0, 0.05) is 12.1 Å². The number of halogens is 2. The maximum absolute atomic E-state index is 14.5. The minimum Gasteiger partial charge on any atom is -0.465 e. The molecule has 2 aromatic rings. The number of amides is 1. The highest BCUT2D eigenvalue weighted by atomic mass is 35.5. The first kappa shape index (κ1) is 17.3. The van der Waals surface area contributed by atoms with Gasteiger partial charge in [-0.2, -0.15) is 5.26 Å². The predicted molar refractivity (Wildman–Crippen MR) is 87.6 cm³/mol. The van der Waals surface area contributed by atoms with Crippen LogP contribution < -0.4 is 10.1 Å². The van der Waals surface area contributed by atoms with Crippen LogP contribution in [0, 0.1) is 17.1 Å². The van der Waals surface area contributed by atoms with Crippen LogP contribution in [0.5, 0.6) is 11.5 Å². The van der Waals surface area contributed by atoms with E-state index < -0.39 is 11.9 Å². The zero-order chi connectivity index (χ0) is 17.7. The third-order valence-corrected chi connectivity index (χ3v) is 3.37. The summed E-state index contributed by atoms with van der Waals surface area (Å²) in [6.07, 6.45) is 0.253. The van der Waals surface area contributed by atoms with Gasteiger partial charge in [-0.15, -0.1) is 0 Å². The molecule has 122 valence electrons. The second kappa shape index (κ2) is 7.49. The topological polar surface area (TPSA) is 82.3 Å². The molecule has 0 atom stereocenters. The van der Waals surface area contributed by atoms with Gasteiger partial charge in [-0.05, 0) is 29.8 Å². The smallest absolute Gasteiger partial charge is 0.404 e. The highest BCUT2D eigenvalue weighted by molar-refractivity contribution is 6.32. The fourth-order valence-electron chi connectivity index (χ4n) is 1.96. The van der Waals surface area contributed by atoms with Crippen LogP contribution in [-0.2, 0) is 6.54 Å². The summed E-state index contributed by atoms with van der Waals surface area (Å²) in [6, 6.07) is 9.35. The van der Waals surface area contributed by atoms with Crippen molar-refractivity contribution in [3.63, 3.8) is 0 Å². The quantitative estimate of drug-likeness (QED) is 0.831. The lowest BCUT2D eigenvalue weighted by atomic mass is 10.1. The Morgan fingerprint density at radius 3 is 2.83 bits per heavy atom. The Balaban J connectivity index is 2.39. The van der Waals surface area contributed by atoms with E-state index >= 15 is 0 Å². The largest absolute Gasteiger partial charge is 0.465 e. The molecule has 0 fully saturated rings. The average molecular weight is 347 g/mol. The van der Waals surface area contributed by atoms with E-state index in [0.717, 1.165) is 0 Å². The van der Waals surface area contributed by atoms with Gasteiger partial charge in [0.1, 0.15) is 5.75 Å². The molecule has 0 unspecified atom stereocenters. The van der Waals surface area contributed by atoms with Gasteiger partial charge in [-0.25, -0.2) is 9.18 Å². The van der Waals surface area contributed by atoms with Crippen LogP contribution in [0.4, 0.5) is 9.18 Å². The number of hydrogen-bond acceptors (Lipinski definition) is 3. The molecule has 7 heteroatoms. The Morgan fingerprint density at radius 1 is 1.46 bits per heavy atom. The molecule has 0 aliphatic heterocycles. The first-order chi connectivity index (χ1) is 11.4. The lowest BCUT2D eigenvalue weighted by Gasteiger charge is -2.12. The van der Waals surface area contributed by atoms with Crippen molar-refractivity contribution < 1.29 is 19.0 Å². The van der Waals surface area contributed by atoms with Crippen molar-refractivity contribution in [1.29, 1.82) is 5.26 Å². The average Bonchev–Trinajstić information content (AvgIpc) is 2.57. The van der Waals surface area contributed by atoms with E-state index in [1.54, 1.807) is 12.1 Å². The van der Waals surface area contributed by atoms with Gasteiger partial charge in [0.05, 0.1) is 16.7 Å². The van der Waals surface area contributed by atoms with E-state index in [0.29, 0.717) is 11.1 Å². The molecule has 2 N–H and O–H groups in total. The molecule has 2 aromatic carbocycles. The molecule has 0 bridgehead atoms. The van der Waals surface area contributed by atoms with Crippen LogP contribution in [0.2, 0.25) is 5.02 Å². The molecule has 2 rings (SSSR count). The fraction of sp³-hybridized carbons (Fsp3) is 0.0588. The van der Waals surface area contributed by atoms with Crippen LogP contribution in [-0.4, -0.2) is 11.2 Å². The third-order valence-electron chi connectivity index (χ3n) is 3.07. The summed E-state index contributed by atoms with van der Waals surface area (Å²) < 4.78 is 20.0. The maximum Gasteiger partial charge on any atom is 0.404 e. The second-order valence-electron chi connectivity index (χ2n) is 4.72. The highest BCUT2D eigenvalue weighted by Crippen LogP contribution is 2.34. The molecular weight excluding hydrogens is 335 g/mol. The van der Waals surface area contributed by atoms with E-state index in [4.69, 9.17) is 26.7 Å². The van der Waals surface area contributed by atoms with Gasteiger partial charge in [-0.3, -0.25) is 0 Å². The lowest BCUT2D eigenvalue weighted by Crippen LogP contribution is -2.20. The fourth-order valence-corrected chi connectivity index (χ4v) is 2.14. The van der Waals surface area contributed by atoms with E-state index in [2.05, 4.69) is 11.9 Å². The molecule has 0 saturated carbocycles. The van der Waals surface area contributed by atoms with Gasteiger partial charge < -0.3 is 15.2 Å². The Bertz CT molecular complexity index is 846. The Labute approximate surface area is 142 Å². The summed E-state index contributed by atoms with van der Waals surface area (Å²) in [6.45, 7) is 3.38. The molecule has 0 aliphatic carbocycles. The minimum absolute atomic E-state index is 0.0223. The number of carboxylic acid groups (broad SMARTS) is 1. The van der Waals surface area contributed by atoms with Crippen molar-refractivity contribution in [2.75, 3.05) is 0 Å². The van der Waals surface area contributed by atoms with Crippen molar-refractivity contribution in [2.45, 2.75) is 6.54 Å². The third kappa shape index (κ3) is 4.03. The van der Waals surface area contributed by atoms with Crippen LogP contribution in [0.15, 0.2) is 36.9 Å². The second-order valence-corrected chi connectivity index (χ2v) is 5.12. The SMILES string of the molecule is C=Cc1cc(C#N)cc(Oc2c(Cl)ccc(CNC(=O)O)c2F)c1. The number of rotatable bonds is 5. The van der Waals surface area contributed by atoms with Gasteiger partial charge in [-0.1, -0.05) is 30.3 Å². The normalized spacial score (nSPS) is 9.88. The van der Waals surface area contributed by atoms with E-state index in [9.17, 15) is 9.18 Å². The van der Waals surface area contributed by atoms with Crippen LogP contribution >= 0.6 is 11.6 Å². The van der Waals surface area contributed by atoms with Crippen molar-refractivity contribution in [2.24, 2.45) is 0 Å². The highest BCUT2D eigenvalue weighted by Gasteiger charge is 2.16. The van der Waals surface area contributed by atoms with Crippen LogP contribution in [0.3, 0.4) is 0 Å². The molecule has 24 heavy (non-hydrogen) atoms. The van der Waals surface area contributed by atoms with Crippen molar-refractivity contribution in [3.05, 3.63) is 64.4 Å². The molecular formula is C17H12ClFN2O3. The van der Waals surface area contributed by atoms with Gasteiger partial charge >= 0.3 is 6.09 Å². The van der Waals surface area contributed by atoms with E-state index in [-0.39, 0.29) is 28.6 Å². The number of ether oxygens (including phenoxy) is 1. The standard InChI is InChI=1S/C17H12ClFN2O3/c1-2-10-5-11(8-20)7-13(6-10)24-16-14(18)4-3-12(15(16)19)9-21-17(22)23/h2-7,21H,1,9H2,(H,22,23). The van der Waals surface area contributed by atoms with Gasteiger partial charge in [0.25, 0.3) is 0 Å². The number of benzene rings is 2. The monoisotopic (exact) mass is 346 g/mol. The zero-order valence-electron chi connectivity index (χ0n) is 12.3. The number of carbonyl (C=O) groups is 1. The van der Waals surface area contributed by atoms with E-state index in [1.807, 2.05) is 6.07 Å². The molecule has 0 heterocycles. The summed E-state index contributed by atoms with van der Waals surface area (Å²) in [5.74, 6) is -0.807. The number of nitrogens with zero attached hydrogens (tertiary/aromatic N) is 1. The number of hydrogen-bond donors (Lipinski definition) is 2. The summed E-state index contributed by atoms with van der Waals surface area (Å²) in [4.78, 5) is 10.5. The summed E-state index contributed by atoms with van der Waals surface area (Å²) >= 11 is 5.97. The Morgan fingerprint density at radius 2 is 2.21 bits per heavy atom. The first-order valence-corrected chi connectivity index (χ1v) is 7.11. The summed E-state index contributed by atoms with van der Waals surface area (Å²) in [5.41, 5.74) is 1.03. The predicted octanol–water partition coefficient (Wildman–Crippen LogP) is 4.55. The van der Waals surface area contributed by atoms with E-state index in [1.165, 1.54) is 24.3 Å². The van der Waals surface area contributed by atoms with Crippen molar-refractivity contribution >= 4 is 23.8 Å². The number of nitriles is 1. The first-order valence-electron chi connectivity index (χ1n) is 6.73. The van der Waals surface area contributed by atoms with Crippen LogP contribution in [0.1, 0.15) is 16.7 Å². The maximum atomic E-state index is 14.5. The van der Waals surface area contributed by atoms with Crippen molar-refractivity contribution in [1.82, 2.24) is 5.32 Å². The Kier molecular flexibility index (Phi) is 5.40. The molecule has 5 nitrogen and oxygen atoms in total. The molecule has 0 spiro atoms. The molecule has 0 aliphatic rings. The lowest BCUT2D eigenvalue weighted by molar-refractivity contribution is 0.194. The van der Waals surface area contributed by atoms with Gasteiger partial charge in [0.2, 0.25) is 0 Å². The zero-order valence-corrected chi connectivity index (χ0v) is 13.1. The summed E-state index contributed by atoms with van der Waals surface area (Å²) in [7, 11) is 0. The molecule has 0 saturated heterocycles. The van der Waals surface area contributed by atoms with Crippen LogP contribution in [0.25, 0.3) is 6.08 Å².